The second-order valence-corrected chi connectivity index (χ2v) is 5.42. The van der Waals surface area contributed by atoms with Crippen LogP contribution in [0.25, 0.3) is 6.08 Å². The number of carbonyl (C=O) groups is 1. The Bertz CT molecular complexity index is 822. The standard InChI is InChI=1S/C19H16ClNO4/c1-23-18-10-14(9-15(11-21)19(22)24-2)5-8-17(18)25-12-13-3-6-16(20)7-4-13/h3-10H,12H2,1-2H3. The normalized spacial score (nSPS) is 10.7. The summed E-state index contributed by atoms with van der Waals surface area (Å²) in [7, 11) is 2.74. The fraction of sp³-hybridized carbons (Fsp3) is 0.158. The van der Waals surface area contributed by atoms with E-state index in [4.69, 9.17) is 26.3 Å². The minimum absolute atomic E-state index is 0.0978. The number of halogens is 1. The van der Waals surface area contributed by atoms with Crippen molar-refractivity contribution in [3.8, 4) is 17.6 Å². The smallest absolute Gasteiger partial charge is 0.348 e. The maximum atomic E-state index is 11.5. The number of hydrogen-bond acceptors (Lipinski definition) is 5. The molecule has 5 nitrogen and oxygen atoms in total. The number of rotatable bonds is 6. The van der Waals surface area contributed by atoms with Crippen LogP contribution in [0.5, 0.6) is 11.5 Å². The molecule has 0 fully saturated rings. The molecule has 0 N–H and O–H groups in total. The van der Waals surface area contributed by atoms with Gasteiger partial charge in [-0.25, -0.2) is 4.79 Å². The van der Waals surface area contributed by atoms with Crippen LogP contribution in [0.15, 0.2) is 48.0 Å². The number of carbonyl (C=O) groups excluding carboxylic acids is 1. The van der Waals surface area contributed by atoms with E-state index in [0.717, 1.165) is 5.56 Å². The highest BCUT2D eigenvalue weighted by Crippen LogP contribution is 2.29. The third kappa shape index (κ3) is 5.00. The molecule has 0 saturated heterocycles. The van der Waals surface area contributed by atoms with Crippen LogP contribution in [0, 0.1) is 11.3 Å². The first kappa shape index (κ1) is 18.4. The zero-order valence-electron chi connectivity index (χ0n) is 13.8. The van der Waals surface area contributed by atoms with Crippen molar-refractivity contribution in [2.45, 2.75) is 6.61 Å². The first-order valence-electron chi connectivity index (χ1n) is 7.32. The van der Waals surface area contributed by atoms with Gasteiger partial charge in [0.15, 0.2) is 11.5 Å². The highest BCUT2D eigenvalue weighted by Gasteiger charge is 2.10. The number of ether oxygens (including phenoxy) is 3. The van der Waals surface area contributed by atoms with Crippen LogP contribution in [0.3, 0.4) is 0 Å². The van der Waals surface area contributed by atoms with Crippen molar-refractivity contribution < 1.29 is 19.0 Å². The summed E-state index contributed by atoms with van der Waals surface area (Å²) in [5.74, 6) is 0.348. The molecule has 0 aliphatic rings. The number of nitrogens with zero attached hydrogens (tertiary/aromatic N) is 1. The van der Waals surface area contributed by atoms with E-state index < -0.39 is 5.97 Å². The zero-order chi connectivity index (χ0) is 18.2. The first-order chi connectivity index (χ1) is 12.1. The summed E-state index contributed by atoms with van der Waals surface area (Å²) in [6.07, 6.45) is 1.43. The Kier molecular flexibility index (Phi) is 6.44. The summed E-state index contributed by atoms with van der Waals surface area (Å²) >= 11 is 5.86. The molecular weight excluding hydrogens is 342 g/mol. The number of nitriles is 1. The first-order valence-corrected chi connectivity index (χ1v) is 7.70. The van der Waals surface area contributed by atoms with E-state index in [-0.39, 0.29) is 5.57 Å². The Balaban J connectivity index is 2.18. The zero-order valence-corrected chi connectivity index (χ0v) is 14.5. The Morgan fingerprint density at radius 2 is 1.88 bits per heavy atom. The van der Waals surface area contributed by atoms with Crippen molar-refractivity contribution in [1.29, 1.82) is 5.26 Å². The second-order valence-electron chi connectivity index (χ2n) is 4.99. The summed E-state index contributed by atoms with van der Waals surface area (Å²) in [4.78, 5) is 11.5. The lowest BCUT2D eigenvalue weighted by Crippen LogP contribution is -2.02. The molecule has 2 aromatic rings. The number of methoxy groups -OCH3 is 2. The van der Waals surface area contributed by atoms with E-state index in [0.29, 0.717) is 28.7 Å². The van der Waals surface area contributed by atoms with Gasteiger partial charge in [-0.3, -0.25) is 0 Å². The lowest BCUT2D eigenvalue weighted by Gasteiger charge is -2.11. The van der Waals surface area contributed by atoms with Crippen molar-refractivity contribution >= 4 is 23.6 Å². The third-order valence-electron chi connectivity index (χ3n) is 3.33. The summed E-state index contributed by atoms with van der Waals surface area (Å²) < 4.78 is 15.6. The summed E-state index contributed by atoms with van der Waals surface area (Å²) in [5, 5.41) is 9.68. The van der Waals surface area contributed by atoms with Crippen LogP contribution in [-0.2, 0) is 16.1 Å². The average Bonchev–Trinajstić information content (AvgIpc) is 2.65. The van der Waals surface area contributed by atoms with Crippen molar-refractivity contribution in [2.75, 3.05) is 14.2 Å². The quantitative estimate of drug-likeness (QED) is 0.444. The molecule has 0 unspecified atom stereocenters. The average molecular weight is 358 g/mol. The van der Waals surface area contributed by atoms with Crippen LogP contribution < -0.4 is 9.47 Å². The van der Waals surface area contributed by atoms with Gasteiger partial charge in [0.2, 0.25) is 0 Å². The van der Waals surface area contributed by atoms with E-state index >= 15 is 0 Å². The molecular formula is C19H16ClNO4. The van der Waals surface area contributed by atoms with Gasteiger partial charge < -0.3 is 14.2 Å². The van der Waals surface area contributed by atoms with Crippen LogP contribution in [0.4, 0.5) is 0 Å². The summed E-state index contributed by atoms with van der Waals surface area (Å²) in [6, 6.07) is 14.3. The van der Waals surface area contributed by atoms with Gasteiger partial charge in [-0.15, -0.1) is 0 Å². The van der Waals surface area contributed by atoms with E-state index in [1.807, 2.05) is 18.2 Å². The molecule has 2 aromatic carbocycles. The predicted octanol–water partition coefficient (Wildman–Crippen LogP) is 4.01. The van der Waals surface area contributed by atoms with Crippen molar-refractivity contribution in [2.24, 2.45) is 0 Å². The Labute approximate surface area is 151 Å². The van der Waals surface area contributed by atoms with Gasteiger partial charge in [-0.1, -0.05) is 29.8 Å². The Hall–Kier alpha value is -2.97. The number of hydrogen-bond donors (Lipinski definition) is 0. The fourth-order valence-electron chi connectivity index (χ4n) is 2.05. The molecule has 0 heterocycles. The summed E-state index contributed by atoms with van der Waals surface area (Å²) in [6.45, 7) is 0.355. The highest BCUT2D eigenvalue weighted by molar-refractivity contribution is 6.30. The van der Waals surface area contributed by atoms with Gasteiger partial charge in [0.25, 0.3) is 0 Å². The maximum Gasteiger partial charge on any atom is 0.348 e. The molecule has 0 atom stereocenters. The van der Waals surface area contributed by atoms with Crippen molar-refractivity contribution in [1.82, 2.24) is 0 Å². The van der Waals surface area contributed by atoms with Gasteiger partial charge in [0.1, 0.15) is 18.2 Å². The minimum Gasteiger partial charge on any atom is -0.493 e. The highest BCUT2D eigenvalue weighted by atomic mass is 35.5. The molecule has 0 aromatic heterocycles. The van der Waals surface area contributed by atoms with Crippen LogP contribution in [0.2, 0.25) is 5.02 Å². The topological polar surface area (TPSA) is 68.6 Å². The van der Waals surface area contributed by atoms with Crippen molar-refractivity contribution in [3.63, 3.8) is 0 Å². The Morgan fingerprint density at radius 1 is 1.16 bits per heavy atom. The van der Waals surface area contributed by atoms with E-state index in [1.54, 1.807) is 30.3 Å². The van der Waals surface area contributed by atoms with Crippen LogP contribution in [0.1, 0.15) is 11.1 Å². The predicted molar refractivity (Wildman–Crippen MR) is 94.4 cm³/mol. The molecule has 0 bridgehead atoms. The molecule has 2 rings (SSSR count). The minimum atomic E-state index is -0.690. The molecule has 6 heteroatoms. The Morgan fingerprint density at radius 3 is 2.48 bits per heavy atom. The van der Waals surface area contributed by atoms with Gasteiger partial charge >= 0.3 is 5.97 Å². The SMILES string of the molecule is COC(=O)C(C#N)=Cc1ccc(OCc2ccc(Cl)cc2)c(OC)c1. The van der Waals surface area contributed by atoms with Gasteiger partial charge in [-0.05, 0) is 41.5 Å². The fourth-order valence-corrected chi connectivity index (χ4v) is 2.17. The largest absolute Gasteiger partial charge is 0.493 e. The molecule has 0 saturated carbocycles. The van der Waals surface area contributed by atoms with E-state index in [2.05, 4.69) is 4.74 Å². The van der Waals surface area contributed by atoms with Gasteiger partial charge in [-0.2, -0.15) is 5.26 Å². The molecule has 0 aliphatic carbocycles. The second kappa shape index (κ2) is 8.76. The van der Waals surface area contributed by atoms with Gasteiger partial charge in [0, 0.05) is 5.02 Å². The molecule has 25 heavy (non-hydrogen) atoms. The molecule has 0 spiro atoms. The number of benzene rings is 2. The van der Waals surface area contributed by atoms with E-state index in [1.165, 1.54) is 20.3 Å². The number of esters is 1. The van der Waals surface area contributed by atoms with Crippen LogP contribution in [-0.4, -0.2) is 20.2 Å². The van der Waals surface area contributed by atoms with E-state index in [9.17, 15) is 4.79 Å². The molecule has 0 radical (unpaired) electrons. The van der Waals surface area contributed by atoms with Gasteiger partial charge in [0.05, 0.1) is 14.2 Å². The third-order valence-corrected chi connectivity index (χ3v) is 3.58. The van der Waals surface area contributed by atoms with Crippen molar-refractivity contribution in [3.05, 3.63) is 64.2 Å². The van der Waals surface area contributed by atoms with Crippen LogP contribution >= 0.6 is 11.6 Å². The molecule has 128 valence electrons. The molecule has 0 amide bonds. The monoisotopic (exact) mass is 357 g/mol. The summed E-state index contributed by atoms with van der Waals surface area (Å²) in [5.41, 5.74) is 1.49. The lowest BCUT2D eigenvalue weighted by molar-refractivity contribution is -0.135. The molecule has 0 aliphatic heterocycles. The lowest BCUT2D eigenvalue weighted by atomic mass is 10.1. The maximum absolute atomic E-state index is 11.5.